The van der Waals surface area contributed by atoms with Gasteiger partial charge in [-0.25, -0.2) is 4.99 Å². The Bertz CT molecular complexity index is 433. The van der Waals surface area contributed by atoms with Gasteiger partial charge in [0, 0.05) is 13.2 Å². The van der Waals surface area contributed by atoms with Crippen LogP contribution in [0.2, 0.25) is 0 Å². The summed E-state index contributed by atoms with van der Waals surface area (Å²) in [6.07, 6.45) is 0. The molecule has 0 fully saturated rings. The Morgan fingerprint density at radius 2 is 2.16 bits per heavy atom. The summed E-state index contributed by atoms with van der Waals surface area (Å²) in [5, 5.41) is 3.06. The van der Waals surface area contributed by atoms with Crippen molar-refractivity contribution < 1.29 is 9.47 Å². The largest absolute Gasteiger partial charge is 0.496 e. The Balaban J connectivity index is 2.59. The summed E-state index contributed by atoms with van der Waals surface area (Å²) in [6.45, 7) is 5.11. The summed E-state index contributed by atoms with van der Waals surface area (Å²) < 4.78 is 10.3. The highest BCUT2D eigenvalue weighted by Gasteiger charge is 2.03. The fraction of sp³-hybridized carbons (Fsp3) is 0.500. The van der Waals surface area contributed by atoms with Crippen LogP contribution in [-0.2, 0) is 11.3 Å². The predicted octanol–water partition coefficient (Wildman–Crippen LogP) is 1.44. The third-order valence-electron chi connectivity index (χ3n) is 2.72. The molecule has 0 heterocycles. The summed E-state index contributed by atoms with van der Waals surface area (Å²) >= 11 is 0. The molecule has 0 saturated carbocycles. The molecule has 0 aliphatic heterocycles. The van der Waals surface area contributed by atoms with Crippen molar-refractivity contribution in [3.8, 4) is 5.75 Å². The number of ether oxygens (including phenoxy) is 2. The van der Waals surface area contributed by atoms with E-state index in [2.05, 4.69) is 10.3 Å². The molecule has 1 atom stereocenters. The molecule has 5 heteroatoms. The van der Waals surface area contributed by atoms with Crippen LogP contribution in [0.1, 0.15) is 18.1 Å². The van der Waals surface area contributed by atoms with Crippen LogP contribution in [-0.4, -0.2) is 32.8 Å². The third kappa shape index (κ3) is 5.18. The van der Waals surface area contributed by atoms with Crippen molar-refractivity contribution >= 4 is 5.96 Å². The second-order valence-electron chi connectivity index (χ2n) is 4.51. The molecule has 0 saturated heterocycles. The number of nitrogens with one attached hydrogen (secondary N) is 1. The molecule has 5 nitrogen and oxygen atoms in total. The highest BCUT2D eigenvalue weighted by atomic mass is 16.5. The molecule has 0 aliphatic rings. The third-order valence-corrected chi connectivity index (χ3v) is 2.72. The van der Waals surface area contributed by atoms with Crippen LogP contribution in [0.4, 0.5) is 0 Å². The number of methoxy groups -OCH3 is 2. The normalized spacial score (nSPS) is 13.2. The van der Waals surface area contributed by atoms with Gasteiger partial charge < -0.3 is 20.5 Å². The smallest absolute Gasteiger partial charge is 0.189 e. The lowest BCUT2D eigenvalue weighted by Crippen LogP contribution is -2.40. The standard InChI is InChI=1S/C14H23N3O2/c1-10-5-6-12(7-13(10)19-4)8-16-14(15)17-11(2)9-18-3/h5-7,11H,8-9H2,1-4H3,(H3,15,16,17). The van der Waals surface area contributed by atoms with E-state index in [1.807, 2.05) is 32.0 Å². The molecule has 0 aromatic heterocycles. The van der Waals surface area contributed by atoms with E-state index in [1.54, 1.807) is 14.2 Å². The van der Waals surface area contributed by atoms with Gasteiger partial charge in [-0.1, -0.05) is 12.1 Å². The van der Waals surface area contributed by atoms with Crippen LogP contribution in [0.15, 0.2) is 23.2 Å². The Morgan fingerprint density at radius 3 is 2.79 bits per heavy atom. The van der Waals surface area contributed by atoms with Gasteiger partial charge in [-0.15, -0.1) is 0 Å². The predicted molar refractivity (Wildman–Crippen MR) is 77.5 cm³/mol. The zero-order chi connectivity index (χ0) is 14.3. The number of benzene rings is 1. The Labute approximate surface area is 114 Å². The molecule has 1 rings (SSSR count). The molecule has 0 aliphatic carbocycles. The molecule has 0 amide bonds. The quantitative estimate of drug-likeness (QED) is 0.603. The van der Waals surface area contributed by atoms with Crippen molar-refractivity contribution in [2.24, 2.45) is 10.7 Å². The van der Waals surface area contributed by atoms with E-state index in [0.29, 0.717) is 19.1 Å². The van der Waals surface area contributed by atoms with Crippen LogP contribution in [0, 0.1) is 6.92 Å². The minimum absolute atomic E-state index is 0.140. The Kier molecular flexibility index (Phi) is 6.15. The van der Waals surface area contributed by atoms with E-state index in [4.69, 9.17) is 15.2 Å². The first-order valence-electron chi connectivity index (χ1n) is 6.25. The number of rotatable bonds is 6. The van der Waals surface area contributed by atoms with Crippen LogP contribution >= 0.6 is 0 Å². The molecule has 3 N–H and O–H groups in total. The zero-order valence-electron chi connectivity index (χ0n) is 12.1. The van der Waals surface area contributed by atoms with Gasteiger partial charge in [-0.2, -0.15) is 0 Å². The zero-order valence-corrected chi connectivity index (χ0v) is 12.1. The fourth-order valence-electron chi connectivity index (χ4n) is 1.73. The minimum Gasteiger partial charge on any atom is -0.496 e. The molecule has 0 radical (unpaired) electrons. The van der Waals surface area contributed by atoms with Gasteiger partial charge >= 0.3 is 0 Å². The van der Waals surface area contributed by atoms with Crippen molar-refractivity contribution in [3.05, 3.63) is 29.3 Å². The summed E-state index contributed by atoms with van der Waals surface area (Å²) in [5.74, 6) is 1.29. The van der Waals surface area contributed by atoms with Crippen LogP contribution < -0.4 is 15.8 Å². The molecular formula is C14H23N3O2. The number of hydrogen-bond acceptors (Lipinski definition) is 3. The molecule has 1 aromatic rings. The molecule has 1 aromatic carbocycles. The van der Waals surface area contributed by atoms with E-state index >= 15 is 0 Å². The lowest BCUT2D eigenvalue weighted by Gasteiger charge is -2.13. The van der Waals surface area contributed by atoms with Crippen LogP contribution in [0.3, 0.4) is 0 Å². The average molecular weight is 265 g/mol. The summed E-state index contributed by atoms with van der Waals surface area (Å²) in [6, 6.07) is 6.15. The number of nitrogens with zero attached hydrogens (tertiary/aromatic N) is 1. The minimum atomic E-state index is 0.140. The molecule has 1 unspecified atom stereocenters. The maximum Gasteiger partial charge on any atom is 0.189 e. The summed E-state index contributed by atoms with van der Waals surface area (Å²) in [5.41, 5.74) is 7.97. The van der Waals surface area contributed by atoms with Gasteiger partial charge in [0.25, 0.3) is 0 Å². The van der Waals surface area contributed by atoms with Crippen molar-refractivity contribution in [2.45, 2.75) is 26.4 Å². The first kappa shape index (κ1) is 15.3. The fourth-order valence-corrected chi connectivity index (χ4v) is 1.73. The van der Waals surface area contributed by atoms with E-state index in [0.717, 1.165) is 16.9 Å². The molecular weight excluding hydrogens is 242 g/mol. The molecule has 0 bridgehead atoms. The maximum absolute atomic E-state index is 5.81. The van der Waals surface area contributed by atoms with E-state index in [-0.39, 0.29) is 6.04 Å². The van der Waals surface area contributed by atoms with E-state index in [1.165, 1.54) is 0 Å². The second-order valence-corrected chi connectivity index (χ2v) is 4.51. The van der Waals surface area contributed by atoms with Gasteiger partial charge in [0.15, 0.2) is 5.96 Å². The van der Waals surface area contributed by atoms with Gasteiger partial charge in [0.05, 0.1) is 20.3 Å². The topological polar surface area (TPSA) is 68.9 Å². The van der Waals surface area contributed by atoms with Crippen molar-refractivity contribution in [2.75, 3.05) is 20.8 Å². The van der Waals surface area contributed by atoms with E-state index < -0.39 is 0 Å². The molecule has 0 spiro atoms. The number of hydrogen-bond donors (Lipinski definition) is 2. The monoisotopic (exact) mass is 265 g/mol. The number of aliphatic imine (C=N–C) groups is 1. The van der Waals surface area contributed by atoms with Gasteiger partial charge in [0.1, 0.15) is 5.75 Å². The Morgan fingerprint density at radius 1 is 1.42 bits per heavy atom. The summed E-state index contributed by atoms with van der Waals surface area (Å²) in [7, 11) is 3.32. The van der Waals surface area contributed by atoms with Crippen LogP contribution in [0.25, 0.3) is 0 Å². The van der Waals surface area contributed by atoms with Crippen molar-refractivity contribution in [3.63, 3.8) is 0 Å². The van der Waals surface area contributed by atoms with Crippen molar-refractivity contribution in [1.82, 2.24) is 5.32 Å². The van der Waals surface area contributed by atoms with Gasteiger partial charge in [-0.3, -0.25) is 0 Å². The number of nitrogens with two attached hydrogens (primary N) is 1. The average Bonchev–Trinajstić information content (AvgIpc) is 2.38. The highest BCUT2D eigenvalue weighted by Crippen LogP contribution is 2.19. The van der Waals surface area contributed by atoms with Gasteiger partial charge in [0.2, 0.25) is 0 Å². The van der Waals surface area contributed by atoms with Gasteiger partial charge in [-0.05, 0) is 31.0 Å². The van der Waals surface area contributed by atoms with E-state index in [9.17, 15) is 0 Å². The second kappa shape index (κ2) is 7.63. The molecule has 106 valence electrons. The lowest BCUT2D eigenvalue weighted by molar-refractivity contribution is 0.179. The van der Waals surface area contributed by atoms with Crippen LogP contribution in [0.5, 0.6) is 5.75 Å². The maximum atomic E-state index is 5.81. The number of aryl methyl sites for hydroxylation is 1. The first-order chi connectivity index (χ1) is 9.06. The lowest BCUT2D eigenvalue weighted by atomic mass is 10.1. The van der Waals surface area contributed by atoms with Crippen molar-refractivity contribution in [1.29, 1.82) is 0 Å². The Hall–Kier alpha value is -1.75. The number of guanidine groups is 1. The first-order valence-corrected chi connectivity index (χ1v) is 6.25. The summed E-state index contributed by atoms with van der Waals surface area (Å²) in [4.78, 5) is 4.29. The SMILES string of the molecule is COCC(C)NC(N)=NCc1ccc(C)c(OC)c1. The highest BCUT2D eigenvalue weighted by molar-refractivity contribution is 5.78. The molecule has 19 heavy (non-hydrogen) atoms.